The molecular formula is C13H15BrN2O. The van der Waals surface area contributed by atoms with Gasteiger partial charge in [0, 0.05) is 10.5 Å². The summed E-state index contributed by atoms with van der Waals surface area (Å²) in [5, 5.41) is 8.83. The van der Waals surface area contributed by atoms with E-state index in [1.807, 2.05) is 12.1 Å². The number of nitrogens with zero attached hydrogens (tertiary/aromatic N) is 1. The Morgan fingerprint density at radius 1 is 1.29 bits per heavy atom. The third-order valence-electron chi connectivity index (χ3n) is 3.08. The highest BCUT2D eigenvalue weighted by Gasteiger charge is 2.19. The molecule has 0 aromatic heterocycles. The normalized spacial score (nSPS) is 24.1. The van der Waals surface area contributed by atoms with Crippen molar-refractivity contribution in [2.75, 3.05) is 0 Å². The van der Waals surface area contributed by atoms with E-state index >= 15 is 0 Å². The van der Waals surface area contributed by atoms with E-state index in [9.17, 15) is 0 Å². The van der Waals surface area contributed by atoms with Crippen LogP contribution in [0.5, 0.6) is 5.75 Å². The van der Waals surface area contributed by atoms with Gasteiger partial charge in [-0.3, -0.25) is 0 Å². The zero-order chi connectivity index (χ0) is 12.3. The van der Waals surface area contributed by atoms with Gasteiger partial charge in [-0.05, 0) is 59.8 Å². The largest absolute Gasteiger partial charge is 0.490 e. The lowest BCUT2D eigenvalue weighted by Gasteiger charge is -2.26. The zero-order valence-corrected chi connectivity index (χ0v) is 11.1. The molecule has 2 rings (SSSR count). The Morgan fingerprint density at radius 2 is 2.00 bits per heavy atom. The first-order chi connectivity index (χ1) is 8.19. The number of hydrogen-bond donors (Lipinski definition) is 1. The molecule has 90 valence electrons. The second kappa shape index (κ2) is 5.52. The van der Waals surface area contributed by atoms with Crippen LogP contribution in [0.15, 0.2) is 22.7 Å². The van der Waals surface area contributed by atoms with Crippen molar-refractivity contribution in [2.45, 2.75) is 37.8 Å². The lowest BCUT2D eigenvalue weighted by Crippen LogP contribution is -2.31. The predicted octanol–water partition coefficient (Wildman–Crippen LogP) is 2.97. The Bertz CT molecular complexity index is 434. The molecule has 2 N–H and O–H groups in total. The fraction of sp³-hybridized carbons (Fsp3) is 0.462. The summed E-state index contributed by atoms with van der Waals surface area (Å²) < 4.78 is 6.67. The third-order valence-corrected chi connectivity index (χ3v) is 3.74. The summed E-state index contributed by atoms with van der Waals surface area (Å²) >= 11 is 3.36. The average Bonchev–Trinajstić information content (AvgIpc) is 2.32. The van der Waals surface area contributed by atoms with Crippen molar-refractivity contribution in [3.8, 4) is 11.8 Å². The first kappa shape index (κ1) is 12.4. The number of benzene rings is 1. The van der Waals surface area contributed by atoms with Crippen LogP contribution in [0, 0.1) is 11.3 Å². The van der Waals surface area contributed by atoms with E-state index in [4.69, 9.17) is 15.7 Å². The first-order valence-corrected chi connectivity index (χ1v) is 6.60. The van der Waals surface area contributed by atoms with E-state index in [1.54, 1.807) is 6.07 Å². The van der Waals surface area contributed by atoms with Crippen LogP contribution >= 0.6 is 15.9 Å². The van der Waals surface area contributed by atoms with Gasteiger partial charge in [-0.2, -0.15) is 5.26 Å². The van der Waals surface area contributed by atoms with Gasteiger partial charge in [0.2, 0.25) is 0 Å². The molecule has 4 heteroatoms. The summed E-state index contributed by atoms with van der Waals surface area (Å²) in [4.78, 5) is 0. The number of rotatable bonds is 2. The third kappa shape index (κ3) is 3.21. The molecule has 17 heavy (non-hydrogen) atoms. The molecule has 3 nitrogen and oxygen atoms in total. The molecule has 1 fully saturated rings. The van der Waals surface area contributed by atoms with E-state index in [1.165, 1.54) is 0 Å². The zero-order valence-electron chi connectivity index (χ0n) is 9.53. The SMILES string of the molecule is N#Cc1ccc(OC2CCC(N)CC2)cc1Br. The van der Waals surface area contributed by atoms with Crippen molar-refractivity contribution in [3.63, 3.8) is 0 Å². The number of ether oxygens (including phenoxy) is 1. The van der Waals surface area contributed by atoms with Crippen molar-refractivity contribution in [1.82, 2.24) is 0 Å². The van der Waals surface area contributed by atoms with Gasteiger partial charge in [-0.1, -0.05) is 0 Å². The fourth-order valence-corrected chi connectivity index (χ4v) is 2.51. The quantitative estimate of drug-likeness (QED) is 0.912. The second-order valence-corrected chi connectivity index (χ2v) is 5.26. The van der Waals surface area contributed by atoms with Crippen LogP contribution in [0.25, 0.3) is 0 Å². The van der Waals surface area contributed by atoms with Crippen molar-refractivity contribution in [2.24, 2.45) is 5.73 Å². The minimum Gasteiger partial charge on any atom is -0.490 e. The van der Waals surface area contributed by atoms with Gasteiger partial charge < -0.3 is 10.5 Å². The van der Waals surface area contributed by atoms with Gasteiger partial charge in [-0.25, -0.2) is 0 Å². The summed E-state index contributed by atoms with van der Waals surface area (Å²) in [6.45, 7) is 0. The predicted molar refractivity (Wildman–Crippen MR) is 69.7 cm³/mol. The smallest absolute Gasteiger partial charge is 0.120 e. The Balaban J connectivity index is 2.00. The lowest BCUT2D eigenvalue weighted by atomic mass is 9.94. The molecule has 1 aromatic carbocycles. The van der Waals surface area contributed by atoms with E-state index in [2.05, 4.69) is 22.0 Å². The standard InChI is InChI=1S/C13H15BrN2O/c14-13-7-12(4-1-9(13)8-15)17-11-5-2-10(16)3-6-11/h1,4,7,10-11H,2-3,5-6,16H2. The van der Waals surface area contributed by atoms with Crippen LogP contribution in [0.1, 0.15) is 31.2 Å². The molecule has 0 heterocycles. The molecule has 0 atom stereocenters. The Kier molecular flexibility index (Phi) is 4.03. The number of nitrogens with two attached hydrogens (primary N) is 1. The topological polar surface area (TPSA) is 59.0 Å². The number of hydrogen-bond acceptors (Lipinski definition) is 3. The minimum absolute atomic E-state index is 0.259. The van der Waals surface area contributed by atoms with E-state index < -0.39 is 0 Å². The molecule has 0 saturated heterocycles. The monoisotopic (exact) mass is 294 g/mol. The van der Waals surface area contributed by atoms with Crippen LogP contribution in [0.2, 0.25) is 0 Å². The summed E-state index contributed by atoms with van der Waals surface area (Å²) in [7, 11) is 0. The Hall–Kier alpha value is -1.05. The summed E-state index contributed by atoms with van der Waals surface area (Å²) in [6.07, 6.45) is 4.34. The second-order valence-electron chi connectivity index (χ2n) is 4.41. The lowest BCUT2D eigenvalue weighted by molar-refractivity contribution is 0.147. The van der Waals surface area contributed by atoms with Gasteiger partial charge >= 0.3 is 0 Å². The van der Waals surface area contributed by atoms with Gasteiger partial charge in [0.1, 0.15) is 11.8 Å². The van der Waals surface area contributed by atoms with E-state index in [0.717, 1.165) is 35.9 Å². The molecule has 1 aliphatic carbocycles. The summed E-state index contributed by atoms with van der Waals surface area (Å²) in [6, 6.07) is 7.92. The molecule has 0 radical (unpaired) electrons. The minimum atomic E-state index is 0.259. The maximum Gasteiger partial charge on any atom is 0.120 e. The van der Waals surface area contributed by atoms with E-state index in [-0.39, 0.29) is 6.10 Å². The summed E-state index contributed by atoms with van der Waals surface area (Å²) in [5.41, 5.74) is 6.48. The van der Waals surface area contributed by atoms with Crippen molar-refractivity contribution >= 4 is 15.9 Å². The first-order valence-electron chi connectivity index (χ1n) is 5.81. The molecule has 0 amide bonds. The average molecular weight is 295 g/mol. The summed E-state index contributed by atoms with van der Waals surface area (Å²) in [5.74, 6) is 0.816. The number of halogens is 1. The van der Waals surface area contributed by atoms with Crippen LogP contribution in [-0.2, 0) is 0 Å². The molecule has 0 bridgehead atoms. The van der Waals surface area contributed by atoms with Gasteiger partial charge in [0.05, 0.1) is 11.7 Å². The molecule has 0 aliphatic heterocycles. The molecule has 0 unspecified atom stereocenters. The highest BCUT2D eigenvalue weighted by Crippen LogP contribution is 2.26. The molecule has 1 aliphatic rings. The molecular weight excluding hydrogens is 280 g/mol. The molecule has 1 saturated carbocycles. The van der Waals surface area contributed by atoms with Crippen molar-refractivity contribution < 1.29 is 4.74 Å². The van der Waals surface area contributed by atoms with Crippen LogP contribution < -0.4 is 10.5 Å². The van der Waals surface area contributed by atoms with Gasteiger partial charge in [-0.15, -0.1) is 0 Å². The highest BCUT2D eigenvalue weighted by atomic mass is 79.9. The van der Waals surface area contributed by atoms with Crippen LogP contribution in [0.4, 0.5) is 0 Å². The van der Waals surface area contributed by atoms with Crippen LogP contribution in [-0.4, -0.2) is 12.1 Å². The highest BCUT2D eigenvalue weighted by molar-refractivity contribution is 9.10. The van der Waals surface area contributed by atoms with Crippen molar-refractivity contribution in [1.29, 1.82) is 5.26 Å². The Labute approximate surface area is 110 Å². The fourth-order valence-electron chi connectivity index (χ4n) is 2.06. The van der Waals surface area contributed by atoms with Gasteiger partial charge in [0.15, 0.2) is 0 Å². The molecule has 0 spiro atoms. The maximum atomic E-state index is 8.83. The van der Waals surface area contributed by atoms with Crippen LogP contribution in [0.3, 0.4) is 0 Å². The maximum absolute atomic E-state index is 8.83. The Morgan fingerprint density at radius 3 is 2.59 bits per heavy atom. The van der Waals surface area contributed by atoms with Gasteiger partial charge in [0.25, 0.3) is 0 Å². The number of nitriles is 1. The molecule has 1 aromatic rings. The van der Waals surface area contributed by atoms with Crippen molar-refractivity contribution in [3.05, 3.63) is 28.2 Å². The van der Waals surface area contributed by atoms with E-state index in [0.29, 0.717) is 11.6 Å².